The lowest BCUT2D eigenvalue weighted by Gasteiger charge is -2.10. The number of benzene rings is 1. The van der Waals surface area contributed by atoms with Crippen molar-refractivity contribution in [1.29, 1.82) is 0 Å². The lowest BCUT2D eigenvalue weighted by atomic mass is 10.2. The number of rotatable bonds is 5. The fourth-order valence-electron chi connectivity index (χ4n) is 1.63. The third kappa shape index (κ3) is 4.06. The normalized spacial score (nSPS) is 15.7. The fraction of sp³-hybridized carbons (Fsp3) is 0.429. The van der Waals surface area contributed by atoms with E-state index >= 15 is 0 Å². The zero-order valence-electron chi connectivity index (χ0n) is 10.8. The van der Waals surface area contributed by atoms with Crippen molar-refractivity contribution in [3.05, 3.63) is 24.3 Å². The van der Waals surface area contributed by atoms with Gasteiger partial charge in [-0.3, -0.25) is 9.59 Å². The van der Waals surface area contributed by atoms with Gasteiger partial charge in [0.2, 0.25) is 11.8 Å². The Kier molecular flexibility index (Phi) is 4.58. The predicted molar refractivity (Wildman–Crippen MR) is 79.4 cm³/mol. The van der Waals surface area contributed by atoms with Gasteiger partial charge in [0, 0.05) is 17.3 Å². The van der Waals surface area contributed by atoms with Crippen molar-refractivity contribution in [2.24, 2.45) is 5.92 Å². The molecule has 2 rings (SSSR count). The van der Waals surface area contributed by atoms with Gasteiger partial charge in [-0.1, -0.05) is 22.9 Å². The van der Waals surface area contributed by atoms with Crippen molar-refractivity contribution in [2.75, 3.05) is 10.6 Å². The Morgan fingerprint density at radius 3 is 2.21 bits per heavy atom. The van der Waals surface area contributed by atoms with E-state index in [1.165, 1.54) is 0 Å². The summed E-state index contributed by atoms with van der Waals surface area (Å²) in [5, 5.41) is 5.67. The fourth-order valence-corrected chi connectivity index (χ4v) is 1.75. The van der Waals surface area contributed by atoms with E-state index < -0.39 is 0 Å². The highest BCUT2D eigenvalue weighted by atomic mass is 79.9. The van der Waals surface area contributed by atoms with E-state index in [-0.39, 0.29) is 22.6 Å². The molecule has 5 heteroatoms. The lowest BCUT2D eigenvalue weighted by Crippen LogP contribution is -2.21. The largest absolute Gasteiger partial charge is 0.326 e. The number of halogens is 1. The topological polar surface area (TPSA) is 58.2 Å². The van der Waals surface area contributed by atoms with Crippen LogP contribution in [0.2, 0.25) is 0 Å². The summed E-state index contributed by atoms with van der Waals surface area (Å²) in [5.74, 6) is 0.221. The number of alkyl halides is 1. The molecule has 0 saturated heterocycles. The molecule has 102 valence electrons. The Balaban J connectivity index is 1.90. The number of carbonyl (C=O) groups is 2. The highest BCUT2D eigenvalue weighted by Crippen LogP contribution is 2.30. The third-order valence-electron chi connectivity index (χ3n) is 3.01. The van der Waals surface area contributed by atoms with Gasteiger partial charge in [-0.25, -0.2) is 0 Å². The second-order valence-electron chi connectivity index (χ2n) is 4.71. The second-order valence-corrected chi connectivity index (χ2v) is 5.81. The summed E-state index contributed by atoms with van der Waals surface area (Å²) in [6, 6.07) is 7.17. The Morgan fingerprint density at radius 2 is 1.74 bits per heavy atom. The number of carbonyl (C=O) groups excluding carboxylic acids is 2. The van der Waals surface area contributed by atoms with E-state index in [1.54, 1.807) is 24.3 Å². The maximum absolute atomic E-state index is 11.7. The first kappa shape index (κ1) is 14.1. The van der Waals surface area contributed by atoms with Gasteiger partial charge in [0.05, 0.1) is 4.83 Å². The minimum Gasteiger partial charge on any atom is -0.326 e. The lowest BCUT2D eigenvalue weighted by molar-refractivity contribution is -0.117. The Labute approximate surface area is 121 Å². The van der Waals surface area contributed by atoms with Crippen LogP contribution in [0.1, 0.15) is 26.2 Å². The SMILES string of the molecule is CCC(Br)C(=O)Nc1ccc(NC(=O)C2CC2)cc1. The molecule has 0 bridgehead atoms. The van der Waals surface area contributed by atoms with Crippen LogP contribution in [0.25, 0.3) is 0 Å². The highest BCUT2D eigenvalue weighted by Gasteiger charge is 2.29. The van der Waals surface area contributed by atoms with Crippen LogP contribution in [-0.2, 0) is 9.59 Å². The van der Waals surface area contributed by atoms with Crippen molar-refractivity contribution >= 4 is 39.1 Å². The van der Waals surface area contributed by atoms with Gasteiger partial charge in [0.15, 0.2) is 0 Å². The molecule has 19 heavy (non-hydrogen) atoms. The molecule has 2 amide bonds. The summed E-state index contributed by atoms with van der Waals surface area (Å²) < 4.78 is 0. The molecule has 1 aliphatic rings. The van der Waals surface area contributed by atoms with E-state index in [0.29, 0.717) is 0 Å². The van der Waals surface area contributed by atoms with Crippen LogP contribution in [0.4, 0.5) is 11.4 Å². The van der Waals surface area contributed by atoms with Crippen LogP contribution >= 0.6 is 15.9 Å². The number of hydrogen-bond acceptors (Lipinski definition) is 2. The van der Waals surface area contributed by atoms with E-state index in [4.69, 9.17) is 0 Å². The summed E-state index contributed by atoms with van der Waals surface area (Å²) in [7, 11) is 0. The van der Waals surface area contributed by atoms with Gasteiger partial charge in [-0.05, 0) is 43.5 Å². The molecule has 0 aliphatic heterocycles. The first-order chi connectivity index (χ1) is 9.10. The molecule has 2 N–H and O–H groups in total. The maximum Gasteiger partial charge on any atom is 0.238 e. The van der Waals surface area contributed by atoms with Crippen molar-refractivity contribution in [3.63, 3.8) is 0 Å². The summed E-state index contributed by atoms with van der Waals surface area (Å²) in [6.45, 7) is 1.94. The molecule has 1 saturated carbocycles. The molecule has 1 unspecified atom stereocenters. The highest BCUT2D eigenvalue weighted by molar-refractivity contribution is 9.10. The monoisotopic (exact) mass is 324 g/mol. The standard InChI is InChI=1S/C14H17BrN2O2/c1-2-12(15)14(19)17-11-7-5-10(6-8-11)16-13(18)9-3-4-9/h5-9,12H,2-4H2,1H3,(H,16,18)(H,17,19). The minimum atomic E-state index is -0.179. The summed E-state index contributed by atoms with van der Waals surface area (Å²) in [4.78, 5) is 23.1. The Hall–Kier alpha value is -1.36. The summed E-state index contributed by atoms with van der Waals surface area (Å²) in [6.07, 6.45) is 2.72. The maximum atomic E-state index is 11.7. The van der Waals surface area contributed by atoms with Crippen LogP contribution in [0.15, 0.2) is 24.3 Å². The molecule has 0 aromatic heterocycles. The second kappa shape index (κ2) is 6.19. The number of anilines is 2. The molecule has 1 fully saturated rings. The predicted octanol–water partition coefficient (Wildman–Crippen LogP) is 3.15. The molecule has 0 heterocycles. The van der Waals surface area contributed by atoms with Gasteiger partial charge in [-0.2, -0.15) is 0 Å². The molecule has 1 aliphatic carbocycles. The summed E-state index contributed by atoms with van der Waals surface area (Å²) in [5.41, 5.74) is 1.49. The van der Waals surface area contributed by atoms with Crippen LogP contribution in [0.3, 0.4) is 0 Å². The first-order valence-electron chi connectivity index (χ1n) is 6.46. The number of amides is 2. The van der Waals surface area contributed by atoms with Gasteiger partial charge in [0.1, 0.15) is 0 Å². The quantitative estimate of drug-likeness (QED) is 0.817. The van der Waals surface area contributed by atoms with Gasteiger partial charge < -0.3 is 10.6 Å². The first-order valence-corrected chi connectivity index (χ1v) is 7.37. The van der Waals surface area contributed by atoms with Crippen molar-refractivity contribution < 1.29 is 9.59 Å². The van der Waals surface area contributed by atoms with E-state index in [2.05, 4.69) is 26.6 Å². The molecular weight excluding hydrogens is 308 g/mol. The average molecular weight is 325 g/mol. The number of nitrogens with one attached hydrogen (secondary N) is 2. The Bertz CT molecular complexity index is 469. The molecule has 4 nitrogen and oxygen atoms in total. The average Bonchev–Trinajstić information content (AvgIpc) is 3.24. The Morgan fingerprint density at radius 1 is 1.21 bits per heavy atom. The molecule has 0 radical (unpaired) electrons. The third-order valence-corrected chi connectivity index (χ3v) is 4.07. The van der Waals surface area contributed by atoms with Crippen LogP contribution in [-0.4, -0.2) is 16.6 Å². The van der Waals surface area contributed by atoms with Crippen LogP contribution in [0, 0.1) is 5.92 Å². The van der Waals surface area contributed by atoms with Crippen LogP contribution < -0.4 is 10.6 Å². The molecule has 1 aromatic rings. The van der Waals surface area contributed by atoms with Gasteiger partial charge in [-0.15, -0.1) is 0 Å². The summed E-state index contributed by atoms with van der Waals surface area (Å²) >= 11 is 3.30. The van der Waals surface area contributed by atoms with Gasteiger partial charge >= 0.3 is 0 Å². The zero-order chi connectivity index (χ0) is 13.8. The minimum absolute atomic E-state index is 0.0581. The zero-order valence-corrected chi connectivity index (χ0v) is 12.4. The van der Waals surface area contributed by atoms with Crippen molar-refractivity contribution in [3.8, 4) is 0 Å². The van der Waals surface area contributed by atoms with E-state index in [1.807, 2.05) is 6.92 Å². The van der Waals surface area contributed by atoms with Crippen molar-refractivity contribution in [1.82, 2.24) is 0 Å². The molecule has 0 spiro atoms. The van der Waals surface area contributed by atoms with Gasteiger partial charge in [0.25, 0.3) is 0 Å². The van der Waals surface area contributed by atoms with Crippen LogP contribution in [0.5, 0.6) is 0 Å². The molecule has 1 atom stereocenters. The molecular formula is C14H17BrN2O2. The van der Waals surface area contributed by atoms with Crippen molar-refractivity contribution in [2.45, 2.75) is 31.0 Å². The smallest absolute Gasteiger partial charge is 0.238 e. The van der Waals surface area contributed by atoms with E-state index in [0.717, 1.165) is 30.6 Å². The number of hydrogen-bond donors (Lipinski definition) is 2. The molecule has 1 aromatic carbocycles. The van der Waals surface area contributed by atoms with E-state index in [9.17, 15) is 9.59 Å².